The SMILES string of the molecule is Cc1nnc2n1-c1ccccc1C(=O)NCC(=O)N[C@@H](C)C(=O)N[C@@H](Cc1ccccc1)C(=O)NC2. The van der Waals surface area contributed by atoms with Crippen molar-refractivity contribution in [2.45, 2.75) is 38.9 Å². The third-order valence-electron chi connectivity index (χ3n) is 5.80. The zero-order chi connectivity index (χ0) is 25.7. The van der Waals surface area contributed by atoms with Crippen LogP contribution in [0.5, 0.6) is 0 Å². The molecule has 11 heteroatoms. The Hall–Kier alpha value is -4.54. The smallest absolute Gasteiger partial charge is 0.253 e. The molecule has 186 valence electrons. The van der Waals surface area contributed by atoms with Crippen molar-refractivity contribution in [2.75, 3.05) is 6.54 Å². The van der Waals surface area contributed by atoms with Crippen molar-refractivity contribution in [2.24, 2.45) is 0 Å². The van der Waals surface area contributed by atoms with Gasteiger partial charge in [-0.15, -0.1) is 10.2 Å². The first-order valence-corrected chi connectivity index (χ1v) is 11.5. The summed E-state index contributed by atoms with van der Waals surface area (Å²) >= 11 is 0. The zero-order valence-corrected chi connectivity index (χ0v) is 19.9. The van der Waals surface area contributed by atoms with Gasteiger partial charge in [0.05, 0.1) is 24.3 Å². The second kappa shape index (κ2) is 10.8. The number of aryl methyl sites for hydroxylation is 1. The second-order valence-corrected chi connectivity index (χ2v) is 8.46. The number of hydrogen-bond acceptors (Lipinski definition) is 6. The van der Waals surface area contributed by atoms with Gasteiger partial charge in [0, 0.05) is 6.42 Å². The van der Waals surface area contributed by atoms with Gasteiger partial charge < -0.3 is 21.3 Å². The quantitative estimate of drug-likeness (QED) is 0.403. The third kappa shape index (κ3) is 5.57. The second-order valence-electron chi connectivity index (χ2n) is 8.46. The Morgan fingerprint density at radius 3 is 2.36 bits per heavy atom. The van der Waals surface area contributed by atoms with Crippen molar-refractivity contribution in [1.29, 1.82) is 0 Å². The van der Waals surface area contributed by atoms with Crippen LogP contribution in [-0.4, -0.2) is 57.0 Å². The van der Waals surface area contributed by atoms with Gasteiger partial charge in [0.1, 0.15) is 17.9 Å². The van der Waals surface area contributed by atoms with E-state index in [0.29, 0.717) is 22.9 Å². The highest BCUT2D eigenvalue weighted by atomic mass is 16.2. The summed E-state index contributed by atoms with van der Waals surface area (Å²) in [5.41, 5.74) is 1.68. The van der Waals surface area contributed by atoms with E-state index in [1.54, 1.807) is 35.8 Å². The molecular formula is C25H27N7O4. The molecule has 1 aliphatic heterocycles. The predicted octanol–water partition coefficient (Wildman–Crippen LogP) is 0.168. The molecule has 2 atom stereocenters. The zero-order valence-electron chi connectivity index (χ0n) is 19.9. The van der Waals surface area contributed by atoms with Crippen LogP contribution in [0, 0.1) is 6.92 Å². The van der Waals surface area contributed by atoms with E-state index >= 15 is 0 Å². The van der Waals surface area contributed by atoms with E-state index in [4.69, 9.17) is 0 Å². The predicted molar refractivity (Wildman–Crippen MR) is 130 cm³/mol. The molecule has 2 aromatic carbocycles. The number of aromatic nitrogens is 3. The fourth-order valence-corrected chi connectivity index (χ4v) is 3.95. The lowest BCUT2D eigenvalue weighted by molar-refractivity contribution is -0.131. The Morgan fingerprint density at radius 2 is 1.58 bits per heavy atom. The number of rotatable bonds is 2. The summed E-state index contributed by atoms with van der Waals surface area (Å²) in [6, 6.07) is 14.3. The van der Waals surface area contributed by atoms with Crippen molar-refractivity contribution in [3.05, 3.63) is 77.4 Å². The van der Waals surface area contributed by atoms with Crippen LogP contribution in [0.15, 0.2) is 54.6 Å². The van der Waals surface area contributed by atoms with Crippen molar-refractivity contribution in [3.63, 3.8) is 0 Å². The van der Waals surface area contributed by atoms with Gasteiger partial charge in [0.15, 0.2) is 5.82 Å². The maximum Gasteiger partial charge on any atom is 0.253 e. The van der Waals surface area contributed by atoms with Gasteiger partial charge >= 0.3 is 0 Å². The summed E-state index contributed by atoms with van der Waals surface area (Å²) in [5.74, 6) is -1.04. The molecule has 4 rings (SSSR count). The molecule has 1 aliphatic rings. The molecule has 2 heterocycles. The van der Waals surface area contributed by atoms with Gasteiger partial charge in [-0.3, -0.25) is 23.7 Å². The average Bonchev–Trinajstić information content (AvgIpc) is 3.25. The molecule has 0 spiro atoms. The van der Waals surface area contributed by atoms with Crippen LogP contribution in [0.25, 0.3) is 5.69 Å². The van der Waals surface area contributed by atoms with E-state index in [-0.39, 0.29) is 19.5 Å². The summed E-state index contributed by atoms with van der Waals surface area (Å²) in [4.78, 5) is 51.4. The van der Waals surface area contributed by atoms with Crippen LogP contribution in [0.4, 0.5) is 0 Å². The number of benzene rings is 2. The number of amides is 4. The molecule has 0 radical (unpaired) electrons. The van der Waals surface area contributed by atoms with Gasteiger partial charge in [-0.1, -0.05) is 42.5 Å². The highest BCUT2D eigenvalue weighted by Crippen LogP contribution is 2.18. The van der Waals surface area contributed by atoms with E-state index in [1.165, 1.54) is 6.92 Å². The van der Waals surface area contributed by atoms with Gasteiger partial charge in [0.25, 0.3) is 5.91 Å². The van der Waals surface area contributed by atoms with Gasteiger partial charge in [0.2, 0.25) is 17.7 Å². The largest absolute Gasteiger partial charge is 0.347 e. The van der Waals surface area contributed by atoms with Crippen LogP contribution in [0.3, 0.4) is 0 Å². The lowest BCUT2D eigenvalue weighted by Crippen LogP contribution is -2.54. The molecule has 11 nitrogen and oxygen atoms in total. The fourth-order valence-electron chi connectivity index (χ4n) is 3.95. The standard InChI is InChI=1S/C25H27N7O4/c1-15-23(34)29-19(12-17-8-4-3-5-9-17)25(36)26-13-21-31-30-16(2)32(21)20-11-7-6-10-18(20)24(35)27-14-22(33)28-15/h3-11,15,19H,12-14H2,1-2H3,(H,26,36)(H,27,35)(H,28,33)(H,29,34)/t15-,19-/m0/s1. The summed E-state index contributed by atoms with van der Waals surface area (Å²) < 4.78 is 1.67. The van der Waals surface area contributed by atoms with Crippen molar-refractivity contribution < 1.29 is 19.2 Å². The normalized spacial score (nSPS) is 19.3. The van der Waals surface area contributed by atoms with Crippen molar-refractivity contribution in [1.82, 2.24) is 36.0 Å². The fraction of sp³-hybridized carbons (Fsp3) is 0.280. The van der Waals surface area contributed by atoms with Gasteiger partial charge in [-0.05, 0) is 31.5 Å². The minimum Gasteiger partial charge on any atom is -0.347 e. The Balaban J connectivity index is 1.69. The van der Waals surface area contributed by atoms with E-state index in [9.17, 15) is 19.2 Å². The molecule has 0 saturated carbocycles. The molecular weight excluding hydrogens is 462 g/mol. The van der Waals surface area contributed by atoms with Crippen LogP contribution in [-0.2, 0) is 27.3 Å². The van der Waals surface area contributed by atoms with Crippen LogP contribution in [0.1, 0.15) is 34.5 Å². The highest BCUT2D eigenvalue weighted by Gasteiger charge is 2.26. The van der Waals surface area contributed by atoms with Gasteiger partial charge in [-0.25, -0.2) is 0 Å². The van der Waals surface area contributed by atoms with Crippen molar-refractivity contribution >= 4 is 23.6 Å². The van der Waals surface area contributed by atoms with Gasteiger partial charge in [-0.2, -0.15) is 0 Å². The maximum atomic E-state index is 13.2. The molecule has 0 fully saturated rings. The van der Waals surface area contributed by atoms with Crippen LogP contribution >= 0.6 is 0 Å². The van der Waals surface area contributed by atoms with Crippen molar-refractivity contribution in [3.8, 4) is 5.69 Å². The lowest BCUT2D eigenvalue weighted by atomic mass is 10.0. The average molecular weight is 490 g/mol. The van der Waals surface area contributed by atoms with E-state index < -0.39 is 35.7 Å². The number of carbonyl (C=O) groups is 4. The molecule has 4 N–H and O–H groups in total. The summed E-state index contributed by atoms with van der Waals surface area (Å²) in [6.45, 7) is 2.94. The molecule has 1 aromatic heterocycles. The summed E-state index contributed by atoms with van der Waals surface area (Å²) in [7, 11) is 0. The van der Waals surface area contributed by atoms with E-state index in [2.05, 4.69) is 31.5 Å². The number of nitrogens with zero attached hydrogens (tertiary/aromatic N) is 3. The lowest BCUT2D eigenvalue weighted by Gasteiger charge is -2.22. The molecule has 0 aliphatic carbocycles. The van der Waals surface area contributed by atoms with Crippen LogP contribution < -0.4 is 21.3 Å². The van der Waals surface area contributed by atoms with E-state index in [0.717, 1.165) is 5.56 Å². The molecule has 0 saturated heterocycles. The maximum absolute atomic E-state index is 13.2. The molecule has 3 aromatic rings. The summed E-state index contributed by atoms with van der Waals surface area (Å²) in [5, 5.41) is 19.0. The molecule has 0 bridgehead atoms. The first kappa shape index (κ1) is 24.6. The molecule has 36 heavy (non-hydrogen) atoms. The minimum absolute atomic E-state index is 0.0169. The third-order valence-corrected chi connectivity index (χ3v) is 5.80. The number of fused-ring (bicyclic) bond motifs is 3. The number of hydrogen-bond donors (Lipinski definition) is 4. The Bertz CT molecular complexity index is 1290. The number of nitrogens with one attached hydrogen (secondary N) is 4. The Kier molecular flexibility index (Phi) is 7.38. The monoisotopic (exact) mass is 489 g/mol. The highest BCUT2D eigenvalue weighted by molar-refractivity contribution is 6.00. The van der Waals surface area contributed by atoms with Crippen LogP contribution in [0.2, 0.25) is 0 Å². The topological polar surface area (TPSA) is 147 Å². The Morgan fingerprint density at radius 1 is 0.861 bits per heavy atom. The first-order chi connectivity index (χ1) is 17.3. The Labute approximate surface area is 207 Å². The first-order valence-electron chi connectivity index (χ1n) is 11.5. The molecule has 4 amide bonds. The summed E-state index contributed by atoms with van der Waals surface area (Å²) in [6.07, 6.45) is 0.254. The van der Waals surface area contributed by atoms with E-state index in [1.807, 2.05) is 30.3 Å². The number of para-hydroxylation sites is 1. The molecule has 0 unspecified atom stereocenters. The minimum atomic E-state index is -0.925. The number of carbonyl (C=O) groups excluding carboxylic acids is 4.